The molecule has 0 amide bonds. The zero-order valence-electron chi connectivity index (χ0n) is 16.6. The second-order valence-corrected chi connectivity index (χ2v) is 6.38. The zero-order chi connectivity index (χ0) is 20.2. The van der Waals surface area contributed by atoms with E-state index in [9.17, 15) is 9.18 Å². The van der Waals surface area contributed by atoms with Gasteiger partial charge >= 0.3 is 27.7 Å². The number of aromatic carboxylic acids is 1. The van der Waals surface area contributed by atoms with Crippen LogP contribution in [0.3, 0.4) is 0 Å². The number of carbonyl (C=O) groups is 1. The molecule has 2 aliphatic carbocycles. The van der Waals surface area contributed by atoms with Gasteiger partial charge < -0.3 is 15.3 Å². The molecule has 0 saturated carbocycles. The van der Waals surface area contributed by atoms with Crippen LogP contribution in [0.1, 0.15) is 58.3 Å². The van der Waals surface area contributed by atoms with Crippen molar-refractivity contribution in [2.75, 3.05) is 14.2 Å². The van der Waals surface area contributed by atoms with Gasteiger partial charge in [0.1, 0.15) is 5.82 Å². The van der Waals surface area contributed by atoms with E-state index >= 15 is 0 Å². The first-order valence-electron chi connectivity index (χ1n) is 9.25. The van der Waals surface area contributed by atoms with Crippen molar-refractivity contribution in [3.05, 3.63) is 64.0 Å². The van der Waals surface area contributed by atoms with E-state index in [-0.39, 0.29) is 27.3 Å². The fourth-order valence-corrected chi connectivity index (χ4v) is 3.67. The van der Waals surface area contributed by atoms with Gasteiger partial charge in [-0.15, -0.1) is 0 Å². The Bertz CT molecular complexity index is 665. The van der Waals surface area contributed by atoms with Gasteiger partial charge in [0.25, 0.3) is 0 Å². The van der Waals surface area contributed by atoms with Crippen LogP contribution in [-0.4, -0.2) is 25.3 Å². The Morgan fingerprint density at radius 3 is 1.64 bits per heavy atom. The fourth-order valence-electron chi connectivity index (χ4n) is 3.67. The predicted molar refractivity (Wildman–Crippen MR) is 101 cm³/mol. The number of benzene rings is 1. The van der Waals surface area contributed by atoms with Gasteiger partial charge in [0.05, 0.1) is 5.56 Å². The standard InChI is InChI=1S/C13H17.C7H5FO2.2CH3O.Ti/c1-3-7-12-10(5-1)9-11-6-2-4-8-13(11)12;8-6-3-1-5(2-4-6)7(9)10;2*1-2;/h9H,1-8H2;1-4H,(H,9,10);2*1H3;/q-1;;2*-1;+3. The van der Waals surface area contributed by atoms with Crippen molar-refractivity contribution in [2.45, 2.75) is 51.4 Å². The van der Waals surface area contributed by atoms with Crippen LogP contribution in [0.4, 0.5) is 4.39 Å². The number of aryl methyl sites for hydroxylation is 2. The summed E-state index contributed by atoms with van der Waals surface area (Å²) in [5.74, 6) is -1.47. The molecule has 4 nitrogen and oxygen atoms in total. The van der Waals surface area contributed by atoms with Gasteiger partial charge in [0, 0.05) is 0 Å². The number of hydrogen-bond donors (Lipinski definition) is 1. The Morgan fingerprint density at radius 2 is 1.25 bits per heavy atom. The van der Waals surface area contributed by atoms with Crippen LogP contribution in [0.2, 0.25) is 0 Å². The molecule has 4 rings (SSSR count). The average Bonchev–Trinajstić information content (AvgIpc) is 3.11. The third-order valence-corrected chi connectivity index (χ3v) is 4.82. The third-order valence-electron chi connectivity index (χ3n) is 4.82. The maximum absolute atomic E-state index is 12.2. The Kier molecular flexibility index (Phi) is 13.9. The van der Waals surface area contributed by atoms with Crippen molar-refractivity contribution in [1.29, 1.82) is 0 Å². The fraction of sp³-hybridized carbons (Fsp3) is 0.455. The van der Waals surface area contributed by atoms with Gasteiger partial charge in [0.2, 0.25) is 0 Å². The summed E-state index contributed by atoms with van der Waals surface area (Å²) in [4.78, 5) is 10.2. The quantitative estimate of drug-likeness (QED) is 0.565. The van der Waals surface area contributed by atoms with E-state index in [1.807, 2.05) is 0 Å². The molecule has 0 fully saturated rings. The molecule has 0 saturated heterocycles. The Morgan fingerprint density at radius 1 is 0.857 bits per heavy atom. The number of fused-ring (bicyclic) bond motifs is 3. The van der Waals surface area contributed by atoms with Crippen molar-refractivity contribution in [2.24, 2.45) is 0 Å². The Balaban J connectivity index is 0.000000441. The maximum atomic E-state index is 12.2. The van der Waals surface area contributed by atoms with Gasteiger partial charge in [-0.1, -0.05) is 51.4 Å². The van der Waals surface area contributed by atoms with E-state index in [1.165, 1.54) is 63.5 Å². The van der Waals surface area contributed by atoms with Gasteiger partial charge in [0.15, 0.2) is 0 Å². The molecule has 0 atom stereocenters. The second kappa shape index (κ2) is 14.6. The van der Waals surface area contributed by atoms with Crippen LogP contribution < -0.4 is 10.2 Å². The molecular weight excluding hydrogens is 395 g/mol. The Labute approximate surface area is 181 Å². The molecule has 151 valence electrons. The first-order valence-corrected chi connectivity index (χ1v) is 9.25. The maximum Gasteiger partial charge on any atom is 3.00 e. The van der Waals surface area contributed by atoms with E-state index in [0.29, 0.717) is 0 Å². The van der Waals surface area contributed by atoms with Gasteiger partial charge in [-0.2, -0.15) is 42.5 Å². The molecule has 2 aliphatic rings. The first-order chi connectivity index (χ1) is 13.1. The largest absolute Gasteiger partial charge is 3.00 e. The number of carboxylic acids is 1. The number of carboxylic acid groups (broad SMARTS) is 1. The van der Waals surface area contributed by atoms with Crippen LogP contribution in [0, 0.1) is 5.82 Å². The first kappa shape index (κ1) is 26.6. The molecule has 2 aromatic rings. The van der Waals surface area contributed by atoms with Gasteiger partial charge in [-0.05, 0) is 24.3 Å². The van der Waals surface area contributed by atoms with E-state index in [4.69, 9.17) is 15.3 Å². The number of rotatable bonds is 1. The van der Waals surface area contributed by atoms with Gasteiger partial charge in [-0.3, -0.25) is 0 Å². The molecule has 1 N–H and O–H groups in total. The van der Waals surface area contributed by atoms with Crippen molar-refractivity contribution < 1.29 is 46.2 Å². The molecule has 1 radical (unpaired) electrons. The third kappa shape index (κ3) is 7.55. The summed E-state index contributed by atoms with van der Waals surface area (Å²) in [6.45, 7) is 0. The smallest absolute Gasteiger partial charge is 0.857 e. The molecule has 28 heavy (non-hydrogen) atoms. The molecule has 0 aromatic heterocycles. The summed E-state index contributed by atoms with van der Waals surface area (Å²) in [6, 6.07) is 7.19. The minimum Gasteiger partial charge on any atom is -0.857 e. The van der Waals surface area contributed by atoms with Gasteiger partial charge in [-0.25, -0.2) is 9.18 Å². The van der Waals surface area contributed by atoms with Crippen molar-refractivity contribution in [3.8, 4) is 0 Å². The molecule has 0 spiro atoms. The van der Waals surface area contributed by atoms with E-state index in [0.717, 1.165) is 26.4 Å². The minimum absolute atomic E-state index is 0. The molecule has 0 bridgehead atoms. The SMILES string of the molecule is C[O-].C[O-].O=C(O)c1ccc(F)cc1.[Ti+3].[cH-]1c2c(c3c1CCCC3)CCCC2. The van der Waals surface area contributed by atoms with E-state index in [1.54, 1.807) is 22.3 Å². The second-order valence-electron chi connectivity index (χ2n) is 6.38. The van der Waals surface area contributed by atoms with E-state index in [2.05, 4.69) is 6.07 Å². The summed E-state index contributed by atoms with van der Waals surface area (Å²) in [5, 5.41) is 24.9. The molecule has 6 heteroatoms. The Hall–Kier alpha value is -1.40. The van der Waals surface area contributed by atoms with Crippen LogP contribution in [0.15, 0.2) is 30.3 Å². The number of halogens is 1. The zero-order valence-corrected chi connectivity index (χ0v) is 18.2. The van der Waals surface area contributed by atoms with E-state index < -0.39 is 11.8 Å². The topological polar surface area (TPSA) is 83.4 Å². The molecule has 0 unspecified atom stereocenters. The van der Waals surface area contributed by atoms with Crippen molar-refractivity contribution in [3.63, 3.8) is 0 Å². The van der Waals surface area contributed by atoms with Crippen molar-refractivity contribution in [1.82, 2.24) is 0 Å². The number of hydrogen-bond acceptors (Lipinski definition) is 3. The monoisotopic (exact) mass is 423 g/mol. The summed E-state index contributed by atoms with van der Waals surface area (Å²) < 4.78 is 12.2. The summed E-state index contributed by atoms with van der Waals surface area (Å²) in [6.07, 6.45) is 11.2. The van der Waals surface area contributed by atoms with Crippen molar-refractivity contribution >= 4 is 5.97 Å². The molecule has 0 heterocycles. The summed E-state index contributed by atoms with van der Waals surface area (Å²) in [7, 11) is 1.50. The molecule has 0 aliphatic heterocycles. The minimum atomic E-state index is -1.04. The van der Waals surface area contributed by atoms with Crippen LogP contribution >= 0.6 is 0 Å². The normalized spacial score (nSPS) is 13.5. The van der Waals surface area contributed by atoms with Crippen LogP contribution in [-0.2, 0) is 47.4 Å². The predicted octanol–water partition coefficient (Wildman–Crippen LogP) is 2.64. The summed E-state index contributed by atoms with van der Waals surface area (Å²) in [5.41, 5.74) is 7.04. The molecular formula is C22H28FO4Ti. The molecule has 2 aromatic carbocycles. The van der Waals surface area contributed by atoms with Crippen LogP contribution in [0.25, 0.3) is 0 Å². The summed E-state index contributed by atoms with van der Waals surface area (Å²) >= 11 is 0. The van der Waals surface area contributed by atoms with Crippen LogP contribution in [0.5, 0.6) is 0 Å². The average molecular weight is 423 g/mol.